The van der Waals surface area contributed by atoms with Crippen molar-refractivity contribution in [1.29, 1.82) is 0 Å². The number of hydrogen-bond acceptors (Lipinski definition) is 1. The van der Waals surface area contributed by atoms with E-state index in [1.54, 1.807) is 0 Å². The molecule has 2 saturated carbocycles. The SMILES string of the molecule is CCCC1CCC(C(=O)O)(C2CCC(C)C(C)C2)CC1. The highest BCUT2D eigenvalue weighted by atomic mass is 16.4. The normalized spacial score (nSPS) is 42.4. The maximum absolute atomic E-state index is 12.0. The van der Waals surface area contributed by atoms with Crippen LogP contribution in [0.3, 0.4) is 0 Å². The molecule has 2 fully saturated rings. The lowest BCUT2D eigenvalue weighted by Crippen LogP contribution is -2.44. The van der Waals surface area contributed by atoms with E-state index in [-0.39, 0.29) is 0 Å². The lowest BCUT2D eigenvalue weighted by molar-refractivity contribution is -0.158. The first-order valence-electron chi connectivity index (χ1n) is 8.73. The summed E-state index contributed by atoms with van der Waals surface area (Å²) in [5, 5.41) is 9.91. The molecule has 2 aliphatic rings. The van der Waals surface area contributed by atoms with E-state index in [4.69, 9.17) is 0 Å². The van der Waals surface area contributed by atoms with Gasteiger partial charge in [-0.1, -0.05) is 40.0 Å². The first kappa shape index (κ1) is 15.9. The Morgan fingerprint density at radius 2 is 1.75 bits per heavy atom. The van der Waals surface area contributed by atoms with E-state index in [9.17, 15) is 9.90 Å². The van der Waals surface area contributed by atoms with Crippen LogP contribution in [0.25, 0.3) is 0 Å². The van der Waals surface area contributed by atoms with Crippen molar-refractivity contribution in [2.45, 2.75) is 78.6 Å². The highest BCUT2D eigenvalue weighted by molar-refractivity contribution is 5.75. The quantitative estimate of drug-likeness (QED) is 0.776. The third kappa shape index (κ3) is 3.04. The zero-order chi connectivity index (χ0) is 14.8. The van der Waals surface area contributed by atoms with Gasteiger partial charge in [-0.15, -0.1) is 0 Å². The molecule has 0 saturated heterocycles. The number of carboxylic acid groups (broad SMARTS) is 1. The fourth-order valence-electron chi connectivity index (χ4n) is 4.74. The Bertz CT molecular complexity index is 328. The fraction of sp³-hybridized carbons (Fsp3) is 0.944. The molecule has 0 aliphatic heterocycles. The average Bonchev–Trinajstić information content (AvgIpc) is 2.43. The summed E-state index contributed by atoms with van der Waals surface area (Å²) in [6, 6.07) is 0. The smallest absolute Gasteiger partial charge is 0.309 e. The van der Waals surface area contributed by atoms with E-state index >= 15 is 0 Å². The van der Waals surface area contributed by atoms with Crippen LogP contribution in [-0.4, -0.2) is 11.1 Å². The van der Waals surface area contributed by atoms with Gasteiger partial charge in [-0.3, -0.25) is 4.79 Å². The lowest BCUT2D eigenvalue weighted by atomic mass is 9.57. The lowest BCUT2D eigenvalue weighted by Gasteiger charge is -2.46. The molecule has 116 valence electrons. The van der Waals surface area contributed by atoms with Crippen LogP contribution >= 0.6 is 0 Å². The molecule has 0 heterocycles. The molecule has 0 amide bonds. The Hall–Kier alpha value is -0.530. The van der Waals surface area contributed by atoms with E-state index in [1.165, 1.54) is 19.3 Å². The minimum atomic E-state index is -0.501. The molecular formula is C18H32O2. The van der Waals surface area contributed by atoms with E-state index in [0.717, 1.165) is 50.4 Å². The van der Waals surface area contributed by atoms with E-state index in [2.05, 4.69) is 20.8 Å². The van der Waals surface area contributed by atoms with Crippen molar-refractivity contribution in [3.63, 3.8) is 0 Å². The third-order valence-electron chi connectivity index (χ3n) is 6.50. The zero-order valence-electron chi connectivity index (χ0n) is 13.5. The molecule has 2 aliphatic carbocycles. The number of hydrogen-bond donors (Lipinski definition) is 1. The summed E-state index contributed by atoms with van der Waals surface area (Å²) < 4.78 is 0. The average molecular weight is 280 g/mol. The molecule has 1 N–H and O–H groups in total. The molecule has 2 nitrogen and oxygen atoms in total. The molecule has 2 rings (SSSR count). The first-order chi connectivity index (χ1) is 9.49. The summed E-state index contributed by atoms with van der Waals surface area (Å²) in [4.78, 5) is 12.0. The summed E-state index contributed by atoms with van der Waals surface area (Å²) >= 11 is 0. The van der Waals surface area contributed by atoms with Crippen molar-refractivity contribution >= 4 is 5.97 Å². The van der Waals surface area contributed by atoms with Gasteiger partial charge in [0.1, 0.15) is 0 Å². The number of rotatable bonds is 4. The highest BCUT2D eigenvalue weighted by Gasteiger charge is 2.49. The first-order valence-corrected chi connectivity index (χ1v) is 8.73. The molecule has 0 aromatic carbocycles. The maximum atomic E-state index is 12.0. The zero-order valence-corrected chi connectivity index (χ0v) is 13.5. The molecule has 3 unspecified atom stereocenters. The van der Waals surface area contributed by atoms with E-state index < -0.39 is 11.4 Å². The van der Waals surface area contributed by atoms with Crippen molar-refractivity contribution in [1.82, 2.24) is 0 Å². The van der Waals surface area contributed by atoms with Gasteiger partial charge in [0.05, 0.1) is 5.41 Å². The van der Waals surface area contributed by atoms with Crippen LogP contribution in [0, 0.1) is 29.1 Å². The highest BCUT2D eigenvalue weighted by Crippen LogP contribution is 2.52. The Labute approximate surface area is 124 Å². The monoisotopic (exact) mass is 280 g/mol. The van der Waals surface area contributed by atoms with E-state index in [0.29, 0.717) is 11.8 Å². The van der Waals surface area contributed by atoms with Crippen molar-refractivity contribution in [2.24, 2.45) is 29.1 Å². The number of carbonyl (C=O) groups is 1. The largest absolute Gasteiger partial charge is 0.481 e. The van der Waals surface area contributed by atoms with Gasteiger partial charge in [-0.2, -0.15) is 0 Å². The summed E-state index contributed by atoms with van der Waals surface area (Å²) in [5.74, 6) is 2.17. The van der Waals surface area contributed by atoms with Crippen LogP contribution in [0.1, 0.15) is 78.6 Å². The molecule has 3 atom stereocenters. The van der Waals surface area contributed by atoms with Crippen LogP contribution in [0.2, 0.25) is 0 Å². The standard InChI is InChI=1S/C18H32O2/c1-4-5-15-8-10-18(11-9-15,17(19)20)16-7-6-13(2)14(3)12-16/h13-16H,4-12H2,1-3H3,(H,19,20). The second-order valence-corrected chi connectivity index (χ2v) is 7.66. The van der Waals surface area contributed by atoms with Gasteiger partial charge in [-0.25, -0.2) is 0 Å². The summed E-state index contributed by atoms with van der Waals surface area (Å²) in [6.07, 6.45) is 10.1. The Morgan fingerprint density at radius 3 is 2.25 bits per heavy atom. The fourth-order valence-corrected chi connectivity index (χ4v) is 4.74. The third-order valence-corrected chi connectivity index (χ3v) is 6.50. The van der Waals surface area contributed by atoms with Crippen molar-refractivity contribution < 1.29 is 9.90 Å². The molecule has 2 heteroatoms. The second kappa shape index (κ2) is 6.49. The predicted molar refractivity (Wildman–Crippen MR) is 82.6 cm³/mol. The summed E-state index contributed by atoms with van der Waals surface area (Å²) in [5.41, 5.74) is -0.390. The summed E-state index contributed by atoms with van der Waals surface area (Å²) in [7, 11) is 0. The van der Waals surface area contributed by atoms with Crippen LogP contribution in [0.4, 0.5) is 0 Å². The van der Waals surface area contributed by atoms with Crippen LogP contribution in [-0.2, 0) is 4.79 Å². The molecule has 0 spiro atoms. The van der Waals surface area contributed by atoms with Gasteiger partial charge in [0, 0.05) is 0 Å². The maximum Gasteiger partial charge on any atom is 0.309 e. The van der Waals surface area contributed by atoms with E-state index in [1.807, 2.05) is 0 Å². The van der Waals surface area contributed by atoms with Gasteiger partial charge >= 0.3 is 5.97 Å². The van der Waals surface area contributed by atoms with Crippen LogP contribution < -0.4 is 0 Å². The van der Waals surface area contributed by atoms with Crippen LogP contribution in [0.5, 0.6) is 0 Å². The van der Waals surface area contributed by atoms with Crippen molar-refractivity contribution in [3.05, 3.63) is 0 Å². The van der Waals surface area contributed by atoms with Gasteiger partial charge in [-0.05, 0) is 62.2 Å². The molecule has 0 radical (unpaired) electrons. The Morgan fingerprint density at radius 1 is 1.10 bits per heavy atom. The topological polar surface area (TPSA) is 37.3 Å². The summed E-state index contributed by atoms with van der Waals surface area (Å²) in [6.45, 7) is 6.88. The molecule has 0 bridgehead atoms. The van der Waals surface area contributed by atoms with Gasteiger partial charge in [0.2, 0.25) is 0 Å². The Balaban J connectivity index is 2.06. The van der Waals surface area contributed by atoms with Crippen LogP contribution in [0.15, 0.2) is 0 Å². The number of aliphatic carboxylic acids is 1. The molecule has 0 aromatic rings. The van der Waals surface area contributed by atoms with Gasteiger partial charge in [0.15, 0.2) is 0 Å². The van der Waals surface area contributed by atoms with Crippen molar-refractivity contribution in [2.75, 3.05) is 0 Å². The van der Waals surface area contributed by atoms with Gasteiger partial charge in [0.25, 0.3) is 0 Å². The molecule has 0 aromatic heterocycles. The minimum absolute atomic E-state index is 0.390. The molecule has 20 heavy (non-hydrogen) atoms. The number of carboxylic acids is 1. The minimum Gasteiger partial charge on any atom is -0.481 e. The molecular weight excluding hydrogens is 248 g/mol. The van der Waals surface area contributed by atoms with Crippen molar-refractivity contribution in [3.8, 4) is 0 Å². The Kier molecular flexibility index (Phi) is 5.14. The second-order valence-electron chi connectivity index (χ2n) is 7.66. The predicted octanol–water partition coefficient (Wildman–Crippen LogP) is 5.12. The van der Waals surface area contributed by atoms with Gasteiger partial charge < -0.3 is 5.11 Å².